The highest BCUT2D eigenvalue weighted by molar-refractivity contribution is 7.13. The summed E-state index contributed by atoms with van der Waals surface area (Å²) < 4.78 is 0. The number of hydrogen-bond acceptors (Lipinski definition) is 5. The van der Waals surface area contributed by atoms with E-state index in [0.29, 0.717) is 23.3 Å². The third-order valence-electron chi connectivity index (χ3n) is 3.92. The van der Waals surface area contributed by atoms with Gasteiger partial charge in [0.2, 0.25) is 11.8 Å². The fraction of sp³-hybridized carbons (Fsp3) is 0.688. The van der Waals surface area contributed by atoms with Crippen molar-refractivity contribution in [2.75, 3.05) is 25.0 Å². The van der Waals surface area contributed by atoms with E-state index < -0.39 is 0 Å². The van der Waals surface area contributed by atoms with Crippen LogP contribution in [-0.2, 0) is 16.0 Å². The standard InChI is InChI=1S/C16H26N4O2S.2ClH/c1-11(2)15(22)20-16-19-13(10-23-16)8-14(21)18-7-5-12-4-3-6-17-9-12;;/h10-12,17H,3-9H2,1-2H3,(H,18,21)(H,19,20,22);2*1H. The molecule has 25 heavy (non-hydrogen) atoms. The Morgan fingerprint density at radius 1 is 1.40 bits per heavy atom. The van der Waals surface area contributed by atoms with Gasteiger partial charge < -0.3 is 16.0 Å². The number of hydrogen-bond donors (Lipinski definition) is 3. The Hall–Kier alpha value is -0.890. The molecule has 0 spiro atoms. The summed E-state index contributed by atoms with van der Waals surface area (Å²) in [7, 11) is 0. The van der Waals surface area contributed by atoms with Gasteiger partial charge in [0.15, 0.2) is 5.13 Å². The molecule has 1 atom stereocenters. The molecule has 9 heteroatoms. The molecule has 2 amide bonds. The summed E-state index contributed by atoms with van der Waals surface area (Å²) >= 11 is 1.35. The smallest absolute Gasteiger partial charge is 0.228 e. The van der Waals surface area contributed by atoms with Crippen molar-refractivity contribution in [3.8, 4) is 0 Å². The van der Waals surface area contributed by atoms with Gasteiger partial charge >= 0.3 is 0 Å². The first kappa shape index (κ1) is 24.1. The minimum atomic E-state index is -0.0834. The third kappa shape index (κ3) is 8.85. The maximum Gasteiger partial charge on any atom is 0.228 e. The molecule has 0 saturated carbocycles. The molecule has 0 aliphatic carbocycles. The van der Waals surface area contributed by atoms with E-state index in [1.54, 1.807) is 0 Å². The van der Waals surface area contributed by atoms with Crippen molar-refractivity contribution in [1.29, 1.82) is 0 Å². The Bertz CT molecular complexity index is 534. The summed E-state index contributed by atoms with van der Waals surface area (Å²) in [4.78, 5) is 27.8. The monoisotopic (exact) mass is 410 g/mol. The molecule has 1 aromatic heterocycles. The minimum Gasteiger partial charge on any atom is -0.356 e. The minimum absolute atomic E-state index is 0. The topological polar surface area (TPSA) is 83.1 Å². The van der Waals surface area contributed by atoms with Crippen molar-refractivity contribution >= 4 is 53.1 Å². The molecule has 144 valence electrons. The Kier molecular flexibility index (Phi) is 12.0. The quantitative estimate of drug-likeness (QED) is 0.644. The number of carbonyl (C=O) groups excluding carboxylic acids is 2. The van der Waals surface area contributed by atoms with Crippen molar-refractivity contribution in [2.24, 2.45) is 11.8 Å². The van der Waals surface area contributed by atoms with Crippen LogP contribution < -0.4 is 16.0 Å². The second-order valence-electron chi connectivity index (χ2n) is 6.32. The lowest BCUT2D eigenvalue weighted by molar-refractivity contribution is -0.120. The molecule has 0 bridgehead atoms. The van der Waals surface area contributed by atoms with E-state index in [1.165, 1.54) is 24.2 Å². The van der Waals surface area contributed by atoms with Gasteiger partial charge in [0, 0.05) is 17.8 Å². The zero-order valence-electron chi connectivity index (χ0n) is 14.7. The molecular weight excluding hydrogens is 383 g/mol. The van der Waals surface area contributed by atoms with Gasteiger partial charge in [0.05, 0.1) is 12.1 Å². The van der Waals surface area contributed by atoms with Crippen LogP contribution in [0.5, 0.6) is 0 Å². The van der Waals surface area contributed by atoms with E-state index >= 15 is 0 Å². The maximum atomic E-state index is 11.9. The Labute approximate surface area is 165 Å². The Morgan fingerprint density at radius 2 is 2.16 bits per heavy atom. The molecule has 1 fully saturated rings. The van der Waals surface area contributed by atoms with Gasteiger partial charge in [-0.15, -0.1) is 36.2 Å². The van der Waals surface area contributed by atoms with Crippen LogP contribution in [0.1, 0.15) is 38.8 Å². The van der Waals surface area contributed by atoms with Gasteiger partial charge in [-0.1, -0.05) is 13.8 Å². The molecule has 0 radical (unpaired) electrons. The summed E-state index contributed by atoms with van der Waals surface area (Å²) in [5.41, 5.74) is 0.700. The number of aromatic nitrogens is 1. The van der Waals surface area contributed by atoms with Gasteiger partial charge in [-0.2, -0.15) is 0 Å². The van der Waals surface area contributed by atoms with Crippen molar-refractivity contribution in [2.45, 2.75) is 39.5 Å². The third-order valence-corrected chi connectivity index (χ3v) is 4.73. The fourth-order valence-corrected chi connectivity index (χ4v) is 3.22. The number of anilines is 1. The van der Waals surface area contributed by atoms with Gasteiger partial charge in [-0.3, -0.25) is 9.59 Å². The van der Waals surface area contributed by atoms with Crippen LogP contribution >= 0.6 is 36.2 Å². The lowest BCUT2D eigenvalue weighted by Crippen LogP contribution is -2.33. The molecule has 6 nitrogen and oxygen atoms in total. The molecule has 1 aliphatic heterocycles. The first-order chi connectivity index (χ1) is 11.0. The van der Waals surface area contributed by atoms with E-state index in [4.69, 9.17) is 0 Å². The molecule has 1 unspecified atom stereocenters. The van der Waals surface area contributed by atoms with E-state index in [1.807, 2.05) is 19.2 Å². The Balaban J connectivity index is 0.00000288. The molecule has 2 rings (SSSR count). The second-order valence-corrected chi connectivity index (χ2v) is 7.17. The van der Waals surface area contributed by atoms with Crippen molar-refractivity contribution in [3.05, 3.63) is 11.1 Å². The highest BCUT2D eigenvalue weighted by atomic mass is 35.5. The number of nitrogens with one attached hydrogen (secondary N) is 3. The average Bonchev–Trinajstić information content (AvgIpc) is 2.95. The molecule has 1 aliphatic rings. The van der Waals surface area contributed by atoms with Crippen molar-refractivity contribution in [1.82, 2.24) is 15.6 Å². The van der Waals surface area contributed by atoms with E-state index in [-0.39, 0.29) is 49.0 Å². The van der Waals surface area contributed by atoms with E-state index in [0.717, 1.165) is 19.5 Å². The first-order valence-corrected chi connectivity index (χ1v) is 9.15. The highest BCUT2D eigenvalue weighted by Crippen LogP contribution is 2.17. The second kappa shape index (κ2) is 12.5. The number of rotatable bonds is 7. The van der Waals surface area contributed by atoms with Crippen LogP contribution in [0.15, 0.2) is 5.38 Å². The largest absolute Gasteiger partial charge is 0.356 e. The maximum absolute atomic E-state index is 11.9. The van der Waals surface area contributed by atoms with Crippen LogP contribution in [-0.4, -0.2) is 36.4 Å². The predicted molar refractivity (Wildman–Crippen MR) is 107 cm³/mol. The summed E-state index contributed by atoms with van der Waals surface area (Å²) in [6.07, 6.45) is 3.75. The van der Waals surface area contributed by atoms with Gasteiger partial charge in [-0.25, -0.2) is 4.98 Å². The zero-order chi connectivity index (χ0) is 16.7. The van der Waals surface area contributed by atoms with E-state index in [9.17, 15) is 9.59 Å². The Morgan fingerprint density at radius 3 is 2.80 bits per heavy atom. The lowest BCUT2D eigenvalue weighted by Gasteiger charge is -2.22. The van der Waals surface area contributed by atoms with Gasteiger partial charge in [0.1, 0.15) is 0 Å². The highest BCUT2D eigenvalue weighted by Gasteiger charge is 2.14. The molecule has 1 aromatic rings. The molecule has 1 saturated heterocycles. The normalized spacial score (nSPS) is 16.5. The van der Waals surface area contributed by atoms with Crippen molar-refractivity contribution in [3.63, 3.8) is 0 Å². The van der Waals surface area contributed by atoms with Gasteiger partial charge in [-0.05, 0) is 38.3 Å². The zero-order valence-corrected chi connectivity index (χ0v) is 17.1. The number of halogens is 2. The van der Waals surface area contributed by atoms with Gasteiger partial charge in [0.25, 0.3) is 0 Å². The van der Waals surface area contributed by atoms with Crippen LogP contribution in [0.2, 0.25) is 0 Å². The van der Waals surface area contributed by atoms with Crippen LogP contribution in [0, 0.1) is 11.8 Å². The SMILES string of the molecule is CC(C)C(=O)Nc1nc(CC(=O)NCCC2CCCNC2)cs1.Cl.Cl. The lowest BCUT2D eigenvalue weighted by atomic mass is 9.96. The number of piperidine rings is 1. The average molecular weight is 411 g/mol. The van der Waals surface area contributed by atoms with Crippen LogP contribution in [0.3, 0.4) is 0 Å². The number of thiazole rings is 1. The molecule has 0 aromatic carbocycles. The summed E-state index contributed by atoms with van der Waals surface area (Å²) in [5, 5.41) is 11.5. The van der Waals surface area contributed by atoms with Crippen LogP contribution in [0.4, 0.5) is 5.13 Å². The summed E-state index contributed by atoms with van der Waals surface area (Å²) in [5.74, 6) is 0.512. The van der Waals surface area contributed by atoms with Crippen LogP contribution in [0.25, 0.3) is 0 Å². The summed E-state index contributed by atoms with van der Waals surface area (Å²) in [6.45, 7) is 6.55. The first-order valence-electron chi connectivity index (χ1n) is 8.27. The summed E-state index contributed by atoms with van der Waals surface area (Å²) in [6, 6.07) is 0. The van der Waals surface area contributed by atoms with Crippen molar-refractivity contribution < 1.29 is 9.59 Å². The number of carbonyl (C=O) groups is 2. The molecule has 2 heterocycles. The molecule has 3 N–H and O–H groups in total. The fourth-order valence-electron chi connectivity index (χ4n) is 2.51. The predicted octanol–water partition coefficient (Wildman–Crippen LogP) is 2.63. The molecular formula is C16H28Cl2N4O2S. The number of amides is 2. The number of nitrogens with zero attached hydrogens (tertiary/aromatic N) is 1. The van der Waals surface area contributed by atoms with E-state index in [2.05, 4.69) is 20.9 Å².